The molecular formula is C15H19N3O. The highest BCUT2D eigenvalue weighted by Gasteiger charge is 2.44. The van der Waals surface area contributed by atoms with Gasteiger partial charge >= 0.3 is 0 Å². The third kappa shape index (κ3) is 2.12. The largest absolute Gasteiger partial charge is 0.493 e. The number of hydrogen-bond donors (Lipinski definition) is 1. The Balaban J connectivity index is 1.80. The highest BCUT2D eigenvalue weighted by atomic mass is 16.5. The molecule has 0 saturated heterocycles. The first-order valence-electron chi connectivity index (χ1n) is 6.58. The van der Waals surface area contributed by atoms with Crippen molar-refractivity contribution in [3.63, 3.8) is 0 Å². The van der Waals surface area contributed by atoms with Crippen molar-refractivity contribution in [3.05, 3.63) is 47.8 Å². The molecule has 3 unspecified atom stereocenters. The van der Waals surface area contributed by atoms with Gasteiger partial charge < -0.3 is 10.5 Å². The lowest BCUT2D eigenvalue weighted by Crippen LogP contribution is -2.18. The van der Waals surface area contributed by atoms with Crippen molar-refractivity contribution in [3.8, 4) is 5.75 Å². The molecule has 0 amide bonds. The Hall–Kier alpha value is -1.81. The molecule has 1 aliphatic carbocycles. The van der Waals surface area contributed by atoms with Crippen LogP contribution in [0.3, 0.4) is 0 Å². The predicted octanol–water partition coefficient (Wildman–Crippen LogP) is 2.23. The van der Waals surface area contributed by atoms with Crippen LogP contribution in [-0.2, 0) is 7.05 Å². The summed E-state index contributed by atoms with van der Waals surface area (Å²) in [6.07, 6.45) is 2.87. The molecule has 0 aliphatic heterocycles. The lowest BCUT2D eigenvalue weighted by atomic mass is 10.0. The van der Waals surface area contributed by atoms with Gasteiger partial charge in [0, 0.05) is 7.05 Å². The van der Waals surface area contributed by atoms with Crippen molar-refractivity contribution < 1.29 is 4.74 Å². The fourth-order valence-electron chi connectivity index (χ4n) is 2.86. The number of nitrogens with two attached hydrogens (primary N) is 1. The van der Waals surface area contributed by atoms with Gasteiger partial charge in [-0.25, -0.2) is 0 Å². The summed E-state index contributed by atoms with van der Waals surface area (Å²) < 4.78 is 7.17. The van der Waals surface area contributed by atoms with Crippen molar-refractivity contribution in [1.29, 1.82) is 0 Å². The minimum Gasteiger partial charge on any atom is -0.493 e. The highest BCUT2D eigenvalue weighted by Crippen LogP contribution is 2.53. The number of rotatable bonds is 4. The van der Waals surface area contributed by atoms with E-state index in [0.717, 1.165) is 17.9 Å². The zero-order chi connectivity index (χ0) is 13.4. The number of methoxy groups -OCH3 is 1. The topological polar surface area (TPSA) is 53.1 Å². The fraction of sp³-hybridized carbons (Fsp3) is 0.400. The Kier molecular flexibility index (Phi) is 3.03. The lowest BCUT2D eigenvalue weighted by molar-refractivity contribution is 0.398. The molecule has 0 spiro atoms. The molecule has 3 atom stereocenters. The third-order valence-corrected chi connectivity index (χ3v) is 4.01. The highest BCUT2D eigenvalue weighted by molar-refractivity contribution is 5.33. The maximum absolute atomic E-state index is 6.41. The first-order valence-corrected chi connectivity index (χ1v) is 6.58. The summed E-state index contributed by atoms with van der Waals surface area (Å²) in [6.45, 7) is 0. The summed E-state index contributed by atoms with van der Waals surface area (Å²) in [4.78, 5) is 0. The summed E-state index contributed by atoms with van der Waals surface area (Å²) in [5.41, 5.74) is 8.78. The van der Waals surface area contributed by atoms with E-state index in [4.69, 9.17) is 10.5 Å². The van der Waals surface area contributed by atoms with Gasteiger partial charge in [-0.3, -0.25) is 4.68 Å². The molecule has 19 heavy (non-hydrogen) atoms. The van der Waals surface area contributed by atoms with E-state index in [-0.39, 0.29) is 6.04 Å². The molecule has 3 rings (SSSR count). The van der Waals surface area contributed by atoms with Crippen molar-refractivity contribution in [2.45, 2.75) is 18.4 Å². The van der Waals surface area contributed by atoms with Gasteiger partial charge in [-0.2, -0.15) is 5.10 Å². The van der Waals surface area contributed by atoms with Gasteiger partial charge in [0.1, 0.15) is 0 Å². The number of aryl methyl sites for hydroxylation is 1. The van der Waals surface area contributed by atoms with Gasteiger partial charge in [0.25, 0.3) is 0 Å². The van der Waals surface area contributed by atoms with E-state index in [1.807, 2.05) is 17.8 Å². The van der Waals surface area contributed by atoms with Gasteiger partial charge in [0.05, 0.1) is 25.0 Å². The van der Waals surface area contributed by atoms with Crippen LogP contribution in [0.1, 0.15) is 29.6 Å². The first-order chi connectivity index (χ1) is 9.22. The summed E-state index contributed by atoms with van der Waals surface area (Å²) in [5, 5.41) is 4.23. The zero-order valence-electron chi connectivity index (χ0n) is 11.3. The summed E-state index contributed by atoms with van der Waals surface area (Å²) in [5.74, 6) is 1.83. The van der Waals surface area contributed by atoms with Gasteiger partial charge in [0.15, 0.2) is 5.75 Å². The average molecular weight is 257 g/mol. The molecule has 100 valence electrons. The van der Waals surface area contributed by atoms with Gasteiger partial charge in [-0.05, 0) is 23.8 Å². The second kappa shape index (κ2) is 4.70. The lowest BCUT2D eigenvalue weighted by Gasteiger charge is -2.14. The Labute approximate surface area is 113 Å². The quantitative estimate of drug-likeness (QED) is 0.913. The zero-order valence-corrected chi connectivity index (χ0v) is 11.3. The molecule has 2 aromatic rings. The van der Waals surface area contributed by atoms with E-state index in [1.54, 1.807) is 13.3 Å². The molecule has 1 aromatic heterocycles. The van der Waals surface area contributed by atoms with E-state index in [9.17, 15) is 0 Å². The van der Waals surface area contributed by atoms with E-state index >= 15 is 0 Å². The molecular weight excluding hydrogens is 238 g/mol. The maximum atomic E-state index is 6.41. The van der Waals surface area contributed by atoms with E-state index in [2.05, 4.69) is 29.4 Å². The number of ether oxygens (including phenoxy) is 1. The van der Waals surface area contributed by atoms with Gasteiger partial charge in [0.2, 0.25) is 0 Å². The van der Waals surface area contributed by atoms with E-state index in [0.29, 0.717) is 11.8 Å². The molecule has 2 N–H and O–H groups in total. The first kappa shape index (κ1) is 12.2. The van der Waals surface area contributed by atoms with Crippen LogP contribution in [-0.4, -0.2) is 16.9 Å². The fourth-order valence-corrected chi connectivity index (χ4v) is 2.86. The molecule has 1 heterocycles. The van der Waals surface area contributed by atoms with E-state index in [1.165, 1.54) is 5.56 Å². The van der Waals surface area contributed by atoms with Crippen molar-refractivity contribution >= 4 is 0 Å². The van der Waals surface area contributed by atoms with Gasteiger partial charge in [-0.1, -0.05) is 30.3 Å². The van der Waals surface area contributed by atoms with Crippen molar-refractivity contribution in [2.75, 3.05) is 7.11 Å². The predicted molar refractivity (Wildman–Crippen MR) is 74.0 cm³/mol. The number of aromatic nitrogens is 2. The summed E-state index contributed by atoms with van der Waals surface area (Å²) in [7, 11) is 3.58. The molecule has 1 aromatic carbocycles. The molecule has 4 nitrogen and oxygen atoms in total. The minimum atomic E-state index is -0.0207. The average Bonchev–Trinajstić information content (AvgIpc) is 3.16. The Morgan fingerprint density at radius 3 is 2.79 bits per heavy atom. The molecule has 0 radical (unpaired) electrons. The minimum absolute atomic E-state index is 0.0207. The van der Waals surface area contributed by atoms with Crippen molar-refractivity contribution in [1.82, 2.24) is 9.78 Å². The smallest absolute Gasteiger partial charge is 0.161 e. The second-order valence-electron chi connectivity index (χ2n) is 5.16. The van der Waals surface area contributed by atoms with Crippen LogP contribution >= 0.6 is 0 Å². The monoisotopic (exact) mass is 257 g/mol. The Bertz CT molecular complexity index is 564. The van der Waals surface area contributed by atoms with Crippen LogP contribution in [0.15, 0.2) is 36.5 Å². The van der Waals surface area contributed by atoms with Crippen LogP contribution in [0.25, 0.3) is 0 Å². The standard InChI is InChI=1S/C15H19N3O/c1-18-15(13(19-2)9-17-18)14(16)12-8-11(12)10-6-4-3-5-7-10/h3-7,9,11-12,14H,8,16H2,1-2H3. The molecule has 0 bridgehead atoms. The molecule has 4 heteroatoms. The number of benzene rings is 1. The summed E-state index contributed by atoms with van der Waals surface area (Å²) >= 11 is 0. The Morgan fingerprint density at radius 2 is 2.11 bits per heavy atom. The van der Waals surface area contributed by atoms with Gasteiger partial charge in [-0.15, -0.1) is 0 Å². The SMILES string of the molecule is COc1cnn(C)c1C(N)C1CC1c1ccccc1. The van der Waals surface area contributed by atoms with Crippen LogP contribution in [0.5, 0.6) is 5.75 Å². The molecule has 1 saturated carbocycles. The Morgan fingerprint density at radius 1 is 1.37 bits per heavy atom. The van der Waals surface area contributed by atoms with Crippen LogP contribution in [0, 0.1) is 5.92 Å². The number of nitrogens with zero attached hydrogens (tertiary/aromatic N) is 2. The molecule has 1 aliphatic rings. The number of hydrogen-bond acceptors (Lipinski definition) is 3. The maximum Gasteiger partial charge on any atom is 0.161 e. The van der Waals surface area contributed by atoms with Crippen LogP contribution < -0.4 is 10.5 Å². The van der Waals surface area contributed by atoms with E-state index < -0.39 is 0 Å². The second-order valence-corrected chi connectivity index (χ2v) is 5.16. The van der Waals surface area contributed by atoms with Crippen LogP contribution in [0.4, 0.5) is 0 Å². The van der Waals surface area contributed by atoms with Crippen LogP contribution in [0.2, 0.25) is 0 Å². The van der Waals surface area contributed by atoms with Crippen molar-refractivity contribution in [2.24, 2.45) is 18.7 Å². The normalized spacial score (nSPS) is 23.1. The molecule has 1 fully saturated rings. The third-order valence-electron chi connectivity index (χ3n) is 4.01. The summed E-state index contributed by atoms with van der Waals surface area (Å²) in [6, 6.07) is 10.6.